The van der Waals surface area contributed by atoms with Gasteiger partial charge in [-0.25, -0.2) is 9.59 Å². The minimum absolute atomic E-state index is 0.0220. The predicted molar refractivity (Wildman–Crippen MR) is 195 cm³/mol. The molecular weight excluding hydrogens is 652 g/mol. The number of amides is 6. The van der Waals surface area contributed by atoms with Crippen LogP contribution in [0.5, 0.6) is 0 Å². The normalized spacial score (nSPS) is 15.5. The number of rotatable bonds is 18. The van der Waals surface area contributed by atoms with Crippen LogP contribution in [0.25, 0.3) is 0 Å². The van der Waals surface area contributed by atoms with Crippen LogP contribution in [0.3, 0.4) is 0 Å². The Hall–Kier alpha value is -4.69. The van der Waals surface area contributed by atoms with Gasteiger partial charge in [-0.15, -0.1) is 0 Å². The summed E-state index contributed by atoms with van der Waals surface area (Å²) >= 11 is 0. The highest BCUT2D eigenvalue weighted by molar-refractivity contribution is 5.94. The topological polar surface area (TPSA) is 210 Å². The van der Waals surface area contributed by atoms with Crippen LogP contribution in [0, 0.1) is 5.92 Å². The standard InChI is InChI=1S/C37H56N8O6/c1-25(2)22-30(33(46)41-29(16-10-11-19-38)35(48)45-20-17-28(18-21-45)40-37(50)51-3)42-34(47)31(23-26-12-6-4-7-13-26)43-36(49)44-32(24-39)27-14-8-5-9-15-27/h4-9,12-15,25,28-32H,10-11,16-24,38-39H2,1-3H3,(H,40,50)(H,41,46)(H,42,47)(H2,43,44,49)/t29-,30-,31-,32?/m1/s1. The van der Waals surface area contributed by atoms with E-state index in [9.17, 15) is 24.0 Å². The first kappa shape index (κ1) is 40.7. The van der Waals surface area contributed by atoms with Gasteiger partial charge >= 0.3 is 12.1 Å². The van der Waals surface area contributed by atoms with Gasteiger partial charge in [0.1, 0.15) is 18.1 Å². The lowest BCUT2D eigenvalue weighted by atomic mass is 9.99. The molecule has 1 fully saturated rings. The molecule has 0 radical (unpaired) electrons. The largest absolute Gasteiger partial charge is 0.453 e. The molecule has 2 aromatic carbocycles. The van der Waals surface area contributed by atoms with E-state index in [0.717, 1.165) is 11.1 Å². The van der Waals surface area contributed by atoms with Gasteiger partial charge in [0.15, 0.2) is 0 Å². The van der Waals surface area contributed by atoms with Gasteiger partial charge in [-0.1, -0.05) is 74.5 Å². The number of carbonyl (C=O) groups is 5. The third-order valence-electron chi connectivity index (χ3n) is 8.86. The monoisotopic (exact) mass is 708 g/mol. The fourth-order valence-electron chi connectivity index (χ4n) is 6.07. The lowest BCUT2D eigenvalue weighted by Gasteiger charge is -2.35. The first-order valence-corrected chi connectivity index (χ1v) is 17.8. The molecule has 3 rings (SSSR count). The molecule has 280 valence electrons. The Labute approximate surface area is 301 Å². The molecular formula is C37H56N8O6. The van der Waals surface area contributed by atoms with Crippen molar-refractivity contribution < 1.29 is 28.7 Å². The number of nitrogens with zero attached hydrogens (tertiary/aromatic N) is 1. The molecule has 9 N–H and O–H groups in total. The molecule has 2 aromatic rings. The molecule has 6 amide bonds. The van der Waals surface area contributed by atoms with Crippen molar-refractivity contribution >= 4 is 29.8 Å². The molecule has 0 spiro atoms. The van der Waals surface area contributed by atoms with Gasteiger partial charge in [-0.2, -0.15) is 0 Å². The fraction of sp³-hybridized carbons (Fsp3) is 0.541. The quantitative estimate of drug-likeness (QED) is 0.114. The number of methoxy groups -OCH3 is 1. The maximum absolute atomic E-state index is 13.9. The lowest BCUT2D eigenvalue weighted by Crippen LogP contribution is -2.59. The van der Waals surface area contributed by atoms with Gasteiger partial charge < -0.3 is 47.7 Å². The van der Waals surface area contributed by atoms with Crippen molar-refractivity contribution in [2.75, 3.05) is 33.3 Å². The van der Waals surface area contributed by atoms with E-state index in [1.807, 2.05) is 74.5 Å². The van der Waals surface area contributed by atoms with E-state index in [2.05, 4.69) is 26.6 Å². The second kappa shape index (κ2) is 21.5. The highest BCUT2D eigenvalue weighted by atomic mass is 16.5. The lowest BCUT2D eigenvalue weighted by molar-refractivity contribution is -0.138. The molecule has 0 saturated carbocycles. The average Bonchev–Trinajstić information content (AvgIpc) is 3.13. The number of alkyl carbamates (subject to hydrolysis) is 1. The smallest absolute Gasteiger partial charge is 0.407 e. The Morgan fingerprint density at radius 1 is 0.804 bits per heavy atom. The molecule has 0 aliphatic carbocycles. The van der Waals surface area contributed by atoms with Crippen molar-refractivity contribution in [2.45, 2.75) is 89.0 Å². The number of urea groups is 1. The molecule has 1 aliphatic rings. The number of nitrogens with two attached hydrogens (primary N) is 2. The molecule has 1 aliphatic heterocycles. The van der Waals surface area contributed by atoms with Crippen LogP contribution in [0.15, 0.2) is 60.7 Å². The van der Waals surface area contributed by atoms with Gasteiger partial charge in [-0.3, -0.25) is 14.4 Å². The summed E-state index contributed by atoms with van der Waals surface area (Å²) in [5.74, 6) is -1.22. The minimum atomic E-state index is -1.02. The number of benzene rings is 2. The van der Waals surface area contributed by atoms with Crippen molar-refractivity contribution in [3.05, 3.63) is 71.8 Å². The number of carbonyl (C=O) groups excluding carboxylic acids is 5. The molecule has 0 aromatic heterocycles. The van der Waals surface area contributed by atoms with Crippen molar-refractivity contribution in [3.8, 4) is 0 Å². The van der Waals surface area contributed by atoms with Gasteiger partial charge in [0.25, 0.3) is 0 Å². The number of likely N-dealkylation sites (tertiary alicyclic amines) is 1. The maximum Gasteiger partial charge on any atom is 0.407 e. The Kier molecular flexibility index (Phi) is 17.2. The van der Waals surface area contributed by atoms with Crippen LogP contribution < -0.4 is 38.1 Å². The summed E-state index contributed by atoms with van der Waals surface area (Å²) in [6, 6.07) is 14.6. The number of ether oxygens (including phenoxy) is 1. The van der Waals surface area contributed by atoms with Gasteiger partial charge in [0.05, 0.1) is 13.2 Å². The Morgan fingerprint density at radius 2 is 1.41 bits per heavy atom. The molecule has 14 heteroatoms. The molecule has 51 heavy (non-hydrogen) atoms. The molecule has 0 bridgehead atoms. The first-order chi connectivity index (χ1) is 24.5. The summed E-state index contributed by atoms with van der Waals surface area (Å²) in [5, 5.41) is 14.2. The van der Waals surface area contributed by atoms with E-state index in [1.165, 1.54) is 7.11 Å². The number of nitrogens with one attached hydrogen (secondary N) is 5. The summed E-state index contributed by atoms with van der Waals surface area (Å²) in [6.45, 7) is 5.29. The third-order valence-corrected chi connectivity index (χ3v) is 8.86. The summed E-state index contributed by atoms with van der Waals surface area (Å²) in [5.41, 5.74) is 13.3. The van der Waals surface area contributed by atoms with Gasteiger partial charge in [-0.05, 0) is 62.1 Å². The highest BCUT2D eigenvalue weighted by Crippen LogP contribution is 2.16. The highest BCUT2D eigenvalue weighted by Gasteiger charge is 2.33. The number of piperidine rings is 1. The SMILES string of the molecule is COC(=O)NC1CCN(C(=O)[C@@H](CCCCN)NC(=O)[C@@H](CC(C)C)NC(=O)[C@@H](Cc2ccccc2)NC(=O)NC(CN)c2ccccc2)CC1. The van der Waals surface area contributed by atoms with E-state index in [0.29, 0.717) is 58.2 Å². The Bertz CT molecular complexity index is 1390. The van der Waals surface area contributed by atoms with E-state index < -0.39 is 48.1 Å². The van der Waals surface area contributed by atoms with Crippen LogP contribution in [0.2, 0.25) is 0 Å². The molecule has 1 heterocycles. The van der Waals surface area contributed by atoms with Gasteiger partial charge in [0, 0.05) is 32.1 Å². The van der Waals surface area contributed by atoms with Crippen molar-refractivity contribution in [1.82, 2.24) is 31.5 Å². The number of hydrogen-bond acceptors (Lipinski definition) is 8. The second-order valence-corrected chi connectivity index (χ2v) is 13.3. The zero-order chi connectivity index (χ0) is 37.2. The molecule has 1 saturated heterocycles. The van der Waals surface area contributed by atoms with Crippen LogP contribution in [0.1, 0.15) is 69.5 Å². The fourth-order valence-corrected chi connectivity index (χ4v) is 6.07. The van der Waals surface area contributed by atoms with E-state index in [1.54, 1.807) is 4.90 Å². The van der Waals surface area contributed by atoms with Crippen LogP contribution >= 0.6 is 0 Å². The summed E-state index contributed by atoms with van der Waals surface area (Å²) in [6.07, 6.45) is 2.76. The molecule has 14 nitrogen and oxygen atoms in total. The first-order valence-electron chi connectivity index (χ1n) is 17.8. The zero-order valence-electron chi connectivity index (χ0n) is 30.1. The third kappa shape index (κ3) is 13.9. The van der Waals surface area contributed by atoms with Crippen LogP contribution in [-0.4, -0.2) is 92.2 Å². The number of unbranched alkanes of at least 4 members (excludes halogenated alkanes) is 1. The van der Waals surface area contributed by atoms with Crippen molar-refractivity contribution in [2.24, 2.45) is 17.4 Å². The predicted octanol–water partition coefficient (Wildman–Crippen LogP) is 2.09. The van der Waals surface area contributed by atoms with E-state index in [4.69, 9.17) is 16.2 Å². The summed E-state index contributed by atoms with van der Waals surface area (Å²) in [4.78, 5) is 68.2. The Morgan fingerprint density at radius 3 is 2.00 bits per heavy atom. The van der Waals surface area contributed by atoms with E-state index >= 15 is 0 Å². The summed E-state index contributed by atoms with van der Waals surface area (Å²) < 4.78 is 4.69. The molecule has 1 unspecified atom stereocenters. The van der Waals surface area contributed by atoms with Crippen LogP contribution in [0.4, 0.5) is 9.59 Å². The molecule has 4 atom stereocenters. The van der Waals surface area contributed by atoms with Gasteiger partial charge in [0.2, 0.25) is 17.7 Å². The average molecular weight is 709 g/mol. The maximum atomic E-state index is 13.9. The second-order valence-electron chi connectivity index (χ2n) is 13.3. The van der Waals surface area contributed by atoms with Crippen molar-refractivity contribution in [3.63, 3.8) is 0 Å². The minimum Gasteiger partial charge on any atom is -0.453 e. The van der Waals surface area contributed by atoms with E-state index in [-0.39, 0.29) is 30.8 Å². The number of hydrogen-bond donors (Lipinski definition) is 7. The van der Waals surface area contributed by atoms with Crippen molar-refractivity contribution in [1.29, 1.82) is 0 Å². The summed E-state index contributed by atoms with van der Waals surface area (Å²) in [7, 11) is 1.30. The van der Waals surface area contributed by atoms with Crippen LogP contribution in [-0.2, 0) is 25.5 Å². The Balaban J connectivity index is 1.75. The zero-order valence-corrected chi connectivity index (χ0v) is 30.1.